The molecule has 0 radical (unpaired) electrons. The van der Waals surface area contributed by atoms with Gasteiger partial charge in [0.2, 0.25) is 0 Å². The summed E-state index contributed by atoms with van der Waals surface area (Å²) >= 11 is 3.33. The van der Waals surface area contributed by atoms with Crippen LogP contribution in [0, 0.1) is 10.1 Å². The minimum atomic E-state index is -0.417. The van der Waals surface area contributed by atoms with Crippen LogP contribution >= 0.6 is 15.9 Å². The lowest BCUT2D eigenvalue weighted by Gasteiger charge is -1.99. The molecule has 0 atom stereocenters. The molecule has 0 unspecified atom stereocenters. The van der Waals surface area contributed by atoms with E-state index in [0.29, 0.717) is 5.52 Å². The molecular formula is C10H7BrN2O2. The lowest BCUT2D eigenvalue weighted by Crippen LogP contribution is -1.89. The van der Waals surface area contributed by atoms with Gasteiger partial charge in [-0.15, -0.1) is 0 Å². The van der Waals surface area contributed by atoms with Gasteiger partial charge in [-0.1, -0.05) is 15.9 Å². The van der Waals surface area contributed by atoms with Crippen molar-refractivity contribution < 1.29 is 4.92 Å². The van der Waals surface area contributed by atoms with Gasteiger partial charge >= 0.3 is 0 Å². The van der Waals surface area contributed by atoms with Crippen molar-refractivity contribution in [2.75, 3.05) is 0 Å². The van der Waals surface area contributed by atoms with Crippen LogP contribution in [0.25, 0.3) is 10.9 Å². The number of benzene rings is 1. The normalized spacial score (nSPS) is 10.5. The zero-order valence-electron chi connectivity index (χ0n) is 7.68. The van der Waals surface area contributed by atoms with E-state index in [1.54, 1.807) is 12.3 Å². The van der Waals surface area contributed by atoms with Gasteiger partial charge in [-0.3, -0.25) is 15.1 Å². The van der Waals surface area contributed by atoms with E-state index >= 15 is 0 Å². The summed E-state index contributed by atoms with van der Waals surface area (Å²) < 4.78 is 0. The highest BCUT2D eigenvalue weighted by Gasteiger charge is 2.06. The first-order valence-corrected chi connectivity index (χ1v) is 5.42. The second-order valence-corrected chi connectivity index (χ2v) is 3.67. The number of rotatable bonds is 2. The van der Waals surface area contributed by atoms with Crippen LogP contribution in [0.15, 0.2) is 30.5 Å². The Balaban J connectivity index is 2.59. The molecular weight excluding hydrogens is 260 g/mol. The van der Waals surface area contributed by atoms with Gasteiger partial charge in [-0.05, 0) is 17.7 Å². The Labute approximate surface area is 94.2 Å². The number of nitro benzene ring substituents is 1. The SMILES string of the molecule is O=[N+]([O-])c1ccc2cc(CBr)cnc2c1. The lowest BCUT2D eigenvalue weighted by atomic mass is 10.1. The first-order valence-electron chi connectivity index (χ1n) is 4.30. The second-order valence-electron chi connectivity index (χ2n) is 3.11. The topological polar surface area (TPSA) is 56.0 Å². The second kappa shape index (κ2) is 3.94. The first-order chi connectivity index (χ1) is 7.20. The minimum absolute atomic E-state index is 0.0709. The van der Waals surface area contributed by atoms with Crippen LogP contribution in [0.5, 0.6) is 0 Å². The largest absolute Gasteiger partial charge is 0.271 e. The molecule has 1 aromatic carbocycles. The smallest absolute Gasteiger partial charge is 0.258 e. The van der Waals surface area contributed by atoms with E-state index in [0.717, 1.165) is 16.3 Å². The summed E-state index contributed by atoms with van der Waals surface area (Å²) in [6, 6.07) is 6.64. The molecule has 0 aliphatic rings. The highest BCUT2D eigenvalue weighted by atomic mass is 79.9. The Kier molecular flexibility index (Phi) is 2.64. The van der Waals surface area contributed by atoms with Crippen molar-refractivity contribution in [1.29, 1.82) is 0 Å². The van der Waals surface area contributed by atoms with Gasteiger partial charge in [-0.2, -0.15) is 0 Å². The van der Waals surface area contributed by atoms with Gasteiger partial charge < -0.3 is 0 Å². The molecule has 1 heterocycles. The Hall–Kier alpha value is -1.49. The fraction of sp³-hybridized carbons (Fsp3) is 0.100. The number of alkyl halides is 1. The van der Waals surface area contributed by atoms with Crippen molar-refractivity contribution in [2.24, 2.45) is 0 Å². The Morgan fingerprint density at radius 1 is 1.40 bits per heavy atom. The molecule has 4 nitrogen and oxygen atoms in total. The van der Waals surface area contributed by atoms with Gasteiger partial charge in [-0.25, -0.2) is 0 Å². The molecule has 0 amide bonds. The van der Waals surface area contributed by atoms with Crippen LogP contribution in [0.3, 0.4) is 0 Å². The van der Waals surface area contributed by atoms with Crippen LogP contribution < -0.4 is 0 Å². The van der Waals surface area contributed by atoms with E-state index in [4.69, 9.17) is 0 Å². The van der Waals surface area contributed by atoms with Crippen LogP contribution in [-0.2, 0) is 5.33 Å². The number of fused-ring (bicyclic) bond motifs is 1. The predicted molar refractivity (Wildman–Crippen MR) is 61.0 cm³/mol. The number of pyridine rings is 1. The Morgan fingerprint density at radius 2 is 2.20 bits per heavy atom. The van der Waals surface area contributed by atoms with Gasteiger partial charge in [0, 0.05) is 29.0 Å². The molecule has 0 fully saturated rings. The average Bonchev–Trinajstić information content (AvgIpc) is 2.27. The van der Waals surface area contributed by atoms with E-state index in [9.17, 15) is 10.1 Å². The van der Waals surface area contributed by atoms with Crippen LogP contribution in [0.2, 0.25) is 0 Å². The summed E-state index contributed by atoms with van der Waals surface area (Å²) in [4.78, 5) is 14.3. The number of halogens is 1. The van der Waals surface area contributed by atoms with Gasteiger partial charge in [0.15, 0.2) is 0 Å². The number of aromatic nitrogens is 1. The van der Waals surface area contributed by atoms with Crippen molar-refractivity contribution in [3.63, 3.8) is 0 Å². The molecule has 2 aromatic rings. The highest BCUT2D eigenvalue weighted by Crippen LogP contribution is 2.20. The van der Waals surface area contributed by atoms with Crippen LogP contribution in [0.4, 0.5) is 5.69 Å². The number of nitro groups is 1. The quantitative estimate of drug-likeness (QED) is 0.477. The molecule has 1 aromatic heterocycles. The molecule has 0 saturated carbocycles. The standard InChI is InChI=1S/C10H7BrN2O2/c11-5-7-3-8-1-2-9(13(14)15)4-10(8)12-6-7/h1-4,6H,5H2. The Bertz CT molecular complexity index is 528. The van der Waals surface area contributed by atoms with Crippen molar-refractivity contribution in [1.82, 2.24) is 4.98 Å². The lowest BCUT2D eigenvalue weighted by molar-refractivity contribution is -0.384. The fourth-order valence-corrected chi connectivity index (χ4v) is 1.65. The molecule has 15 heavy (non-hydrogen) atoms. The zero-order chi connectivity index (χ0) is 10.8. The molecule has 76 valence electrons. The number of non-ortho nitro benzene ring substituents is 1. The number of nitrogens with zero attached hydrogens (tertiary/aromatic N) is 2. The summed E-state index contributed by atoms with van der Waals surface area (Å²) in [7, 11) is 0. The molecule has 0 bridgehead atoms. The van der Waals surface area contributed by atoms with E-state index in [2.05, 4.69) is 20.9 Å². The van der Waals surface area contributed by atoms with E-state index in [1.165, 1.54) is 12.1 Å². The monoisotopic (exact) mass is 266 g/mol. The van der Waals surface area contributed by atoms with Crippen molar-refractivity contribution in [3.05, 3.63) is 46.1 Å². The number of hydrogen-bond donors (Lipinski definition) is 0. The van der Waals surface area contributed by atoms with Gasteiger partial charge in [0.25, 0.3) is 5.69 Å². The minimum Gasteiger partial charge on any atom is -0.258 e. The fourth-order valence-electron chi connectivity index (χ4n) is 1.34. The summed E-state index contributed by atoms with van der Waals surface area (Å²) in [5.74, 6) is 0. The Morgan fingerprint density at radius 3 is 2.87 bits per heavy atom. The number of hydrogen-bond acceptors (Lipinski definition) is 3. The summed E-state index contributed by atoms with van der Waals surface area (Å²) in [5.41, 5.74) is 1.77. The third-order valence-electron chi connectivity index (χ3n) is 2.09. The molecule has 2 rings (SSSR count). The highest BCUT2D eigenvalue weighted by molar-refractivity contribution is 9.08. The van der Waals surface area contributed by atoms with Crippen LogP contribution in [0.1, 0.15) is 5.56 Å². The molecule has 0 N–H and O–H groups in total. The molecule has 0 aliphatic carbocycles. The van der Waals surface area contributed by atoms with Crippen molar-refractivity contribution in [3.8, 4) is 0 Å². The van der Waals surface area contributed by atoms with Crippen LogP contribution in [-0.4, -0.2) is 9.91 Å². The third kappa shape index (κ3) is 1.97. The zero-order valence-corrected chi connectivity index (χ0v) is 9.27. The molecule has 0 saturated heterocycles. The molecule has 0 spiro atoms. The predicted octanol–water partition coefficient (Wildman–Crippen LogP) is 3.04. The van der Waals surface area contributed by atoms with Gasteiger partial charge in [0.05, 0.1) is 10.4 Å². The average molecular weight is 267 g/mol. The third-order valence-corrected chi connectivity index (χ3v) is 2.74. The summed E-state index contributed by atoms with van der Waals surface area (Å²) in [5, 5.41) is 12.2. The first kappa shape index (κ1) is 10.0. The maximum Gasteiger partial charge on any atom is 0.271 e. The summed E-state index contributed by atoms with van der Waals surface area (Å²) in [6.07, 6.45) is 1.71. The maximum atomic E-state index is 10.5. The molecule has 5 heteroatoms. The van der Waals surface area contributed by atoms with Gasteiger partial charge in [0.1, 0.15) is 0 Å². The van der Waals surface area contributed by atoms with E-state index < -0.39 is 4.92 Å². The molecule has 0 aliphatic heterocycles. The van der Waals surface area contributed by atoms with Crippen molar-refractivity contribution >= 4 is 32.5 Å². The maximum absolute atomic E-state index is 10.5. The summed E-state index contributed by atoms with van der Waals surface area (Å²) in [6.45, 7) is 0. The van der Waals surface area contributed by atoms with E-state index in [1.807, 2.05) is 6.07 Å². The van der Waals surface area contributed by atoms with E-state index in [-0.39, 0.29) is 5.69 Å². The van der Waals surface area contributed by atoms with Crippen molar-refractivity contribution in [2.45, 2.75) is 5.33 Å².